The van der Waals surface area contributed by atoms with Gasteiger partial charge >= 0.3 is 5.97 Å². The largest absolute Gasteiger partial charge is 0.480 e. The number of hydrogen-bond acceptors (Lipinski definition) is 3. The molecule has 2 heterocycles. The number of aryl methyl sites for hydroxylation is 1. The molecule has 0 amide bonds. The Morgan fingerprint density at radius 1 is 1.38 bits per heavy atom. The van der Waals surface area contributed by atoms with E-state index in [1.807, 2.05) is 49.5 Å². The SMILES string of the molecule is CC(c1cnn(C)c1)N1Cc2ccccc2CC1C(=O)O. The quantitative estimate of drug-likeness (QED) is 0.937. The number of aromatic nitrogens is 2. The monoisotopic (exact) mass is 285 g/mol. The first-order valence-electron chi connectivity index (χ1n) is 7.10. The van der Waals surface area contributed by atoms with E-state index in [2.05, 4.69) is 11.2 Å². The van der Waals surface area contributed by atoms with Crippen molar-refractivity contribution in [2.75, 3.05) is 0 Å². The van der Waals surface area contributed by atoms with E-state index in [4.69, 9.17) is 0 Å². The number of benzene rings is 1. The maximum absolute atomic E-state index is 11.7. The Bertz CT molecular complexity index is 665. The highest BCUT2D eigenvalue weighted by atomic mass is 16.4. The van der Waals surface area contributed by atoms with Crippen molar-refractivity contribution in [1.29, 1.82) is 0 Å². The molecule has 0 spiro atoms. The lowest BCUT2D eigenvalue weighted by Gasteiger charge is -2.38. The number of nitrogens with zero attached hydrogens (tertiary/aromatic N) is 3. The first kappa shape index (κ1) is 13.8. The van der Waals surface area contributed by atoms with Crippen LogP contribution in [0.5, 0.6) is 0 Å². The summed E-state index contributed by atoms with van der Waals surface area (Å²) >= 11 is 0. The summed E-state index contributed by atoms with van der Waals surface area (Å²) in [5.74, 6) is -0.764. The van der Waals surface area contributed by atoms with Crippen LogP contribution < -0.4 is 0 Å². The highest BCUT2D eigenvalue weighted by Crippen LogP contribution is 2.31. The molecule has 2 unspecified atom stereocenters. The van der Waals surface area contributed by atoms with Crippen LogP contribution in [0.15, 0.2) is 36.7 Å². The van der Waals surface area contributed by atoms with Crippen molar-refractivity contribution in [2.45, 2.75) is 32.0 Å². The van der Waals surface area contributed by atoms with Crippen LogP contribution in [0.2, 0.25) is 0 Å². The molecule has 3 rings (SSSR count). The van der Waals surface area contributed by atoms with Gasteiger partial charge in [-0.1, -0.05) is 24.3 Å². The lowest BCUT2D eigenvalue weighted by molar-refractivity contribution is -0.145. The van der Waals surface area contributed by atoms with Crippen molar-refractivity contribution >= 4 is 5.97 Å². The molecule has 21 heavy (non-hydrogen) atoms. The Kier molecular flexibility index (Phi) is 3.51. The van der Waals surface area contributed by atoms with Crippen LogP contribution in [-0.2, 0) is 24.8 Å². The number of carbonyl (C=O) groups is 1. The van der Waals surface area contributed by atoms with Crippen LogP contribution in [0.25, 0.3) is 0 Å². The maximum Gasteiger partial charge on any atom is 0.321 e. The zero-order valence-electron chi connectivity index (χ0n) is 12.2. The third-order valence-corrected chi connectivity index (χ3v) is 4.27. The van der Waals surface area contributed by atoms with E-state index in [9.17, 15) is 9.90 Å². The van der Waals surface area contributed by atoms with E-state index in [0.29, 0.717) is 13.0 Å². The van der Waals surface area contributed by atoms with Crippen LogP contribution in [0, 0.1) is 0 Å². The fraction of sp³-hybridized carbons (Fsp3) is 0.375. The molecule has 1 aliphatic heterocycles. The summed E-state index contributed by atoms with van der Waals surface area (Å²) in [6.45, 7) is 2.70. The summed E-state index contributed by atoms with van der Waals surface area (Å²) in [5.41, 5.74) is 3.40. The molecule has 2 aromatic rings. The van der Waals surface area contributed by atoms with Gasteiger partial charge in [0.15, 0.2) is 0 Å². The van der Waals surface area contributed by atoms with Crippen LogP contribution in [0.1, 0.15) is 29.7 Å². The Balaban J connectivity index is 1.94. The minimum Gasteiger partial charge on any atom is -0.480 e. The standard InChI is InChI=1S/C16H19N3O2/c1-11(14-8-17-18(2)9-14)19-10-13-6-4-3-5-12(13)7-15(19)16(20)21/h3-6,8-9,11,15H,7,10H2,1-2H3,(H,20,21). The van der Waals surface area contributed by atoms with Gasteiger partial charge in [0.1, 0.15) is 6.04 Å². The molecular formula is C16H19N3O2. The average molecular weight is 285 g/mol. The lowest BCUT2D eigenvalue weighted by Crippen LogP contribution is -2.46. The van der Waals surface area contributed by atoms with Gasteiger partial charge in [0, 0.05) is 31.4 Å². The second-order valence-corrected chi connectivity index (χ2v) is 5.62. The summed E-state index contributed by atoms with van der Waals surface area (Å²) in [4.78, 5) is 13.7. The Labute approximate surface area is 123 Å². The van der Waals surface area contributed by atoms with E-state index in [1.54, 1.807) is 4.68 Å². The molecule has 5 heteroatoms. The molecule has 1 aromatic heterocycles. The van der Waals surface area contributed by atoms with Crippen LogP contribution in [0.4, 0.5) is 0 Å². The molecule has 0 saturated heterocycles. The van der Waals surface area contributed by atoms with Crippen LogP contribution >= 0.6 is 0 Å². The normalized spacial score (nSPS) is 20.0. The summed E-state index contributed by atoms with van der Waals surface area (Å²) < 4.78 is 1.75. The van der Waals surface area contributed by atoms with Gasteiger partial charge in [-0.25, -0.2) is 0 Å². The molecular weight excluding hydrogens is 266 g/mol. The predicted molar refractivity (Wildman–Crippen MR) is 78.7 cm³/mol. The third kappa shape index (κ3) is 2.56. The minimum absolute atomic E-state index is 0.0214. The number of fused-ring (bicyclic) bond motifs is 1. The Morgan fingerprint density at radius 3 is 2.71 bits per heavy atom. The molecule has 1 aliphatic rings. The molecule has 0 radical (unpaired) electrons. The van der Waals surface area contributed by atoms with Crippen molar-refractivity contribution in [2.24, 2.45) is 7.05 Å². The predicted octanol–water partition coefficient (Wildman–Crippen LogP) is 1.99. The maximum atomic E-state index is 11.7. The first-order valence-corrected chi connectivity index (χ1v) is 7.10. The molecule has 1 aromatic carbocycles. The highest BCUT2D eigenvalue weighted by molar-refractivity contribution is 5.74. The molecule has 0 bridgehead atoms. The molecule has 0 fully saturated rings. The molecule has 1 N–H and O–H groups in total. The first-order chi connectivity index (χ1) is 10.1. The number of carboxylic acid groups (broad SMARTS) is 1. The average Bonchev–Trinajstić information content (AvgIpc) is 2.91. The lowest BCUT2D eigenvalue weighted by atomic mass is 9.92. The fourth-order valence-electron chi connectivity index (χ4n) is 3.03. The third-order valence-electron chi connectivity index (χ3n) is 4.27. The number of carboxylic acids is 1. The zero-order valence-corrected chi connectivity index (χ0v) is 12.2. The van der Waals surface area contributed by atoms with Crippen molar-refractivity contribution < 1.29 is 9.90 Å². The Morgan fingerprint density at radius 2 is 2.10 bits per heavy atom. The number of rotatable bonds is 3. The van der Waals surface area contributed by atoms with Crippen LogP contribution in [0.3, 0.4) is 0 Å². The summed E-state index contributed by atoms with van der Waals surface area (Å²) in [6, 6.07) is 7.61. The number of hydrogen-bond donors (Lipinski definition) is 1. The summed E-state index contributed by atoms with van der Waals surface area (Å²) in [5, 5.41) is 13.8. The van der Waals surface area contributed by atoms with Crippen molar-refractivity contribution in [3.8, 4) is 0 Å². The summed E-state index contributed by atoms with van der Waals surface area (Å²) in [6.07, 6.45) is 4.31. The minimum atomic E-state index is -0.764. The van der Waals surface area contributed by atoms with E-state index >= 15 is 0 Å². The van der Waals surface area contributed by atoms with Crippen molar-refractivity contribution in [3.05, 3.63) is 53.3 Å². The number of aliphatic carboxylic acids is 1. The topological polar surface area (TPSA) is 58.4 Å². The van der Waals surface area contributed by atoms with E-state index in [1.165, 1.54) is 5.56 Å². The zero-order chi connectivity index (χ0) is 15.0. The van der Waals surface area contributed by atoms with Gasteiger partial charge in [-0.2, -0.15) is 5.10 Å². The summed E-state index contributed by atoms with van der Waals surface area (Å²) in [7, 11) is 1.87. The van der Waals surface area contributed by atoms with Gasteiger partial charge in [0.2, 0.25) is 0 Å². The van der Waals surface area contributed by atoms with E-state index in [0.717, 1.165) is 11.1 Å². The van der Waals surface area contributed by atoms with Crippen molar-refractivity contribution in [1.82, 2.24) is 14.7 Å². The smallest absolute Gasteiger partial charge is 0.321 e. The Hall–Kier alpha value is -2.14. The van der Waals surface area contributed by atoms with Gasteiger partial charge in [-0.3, -0.25) is 14.4 Å². The molecule has 0 saturated carbocycles. The van der Waals surface area contributed by atoms with Crippen LogP contribution in [-0.4, -0.2) is 31.8 Å². The van der Waals surface area contributed by atoms with Crippen molar-refractivity contribution in [3.63, 3.8) is 0 Å². The van der Waals surface area contributed by atoms with E-state index < -0.39 is 12.0 Å². The second kappa shape index (κ2) is 5.33. The van der Waals surface area contributed by atoms with Gasteiger partial charge in [0.05, 0.1) is 6.20 Å². The van der Waals surface area contributed by atoms with Gasteiger partial charge in [-0.05, 0) is 24.5 Å². The van der Waals surface area contributed by atoms with Gasteiger partial charge < -0.3 is 5.11 Å². The van der Waals surface area contributed by atoms with E-state index in [-0.39, 0.29) is 6.04 Å². The molecule has 0 aliphatic carbocycles. The molecule has 110 valence electrons. The second-order valence-electron chi connectivity index (χ2n) is 5.62. The highest BCUT2D eigenvalue weighted by Gasteiger charge is 2.34. The van der Waals surface area contributed by atoms with Gasteiger partial charge in [0.25, 0.3) is 0 Å². The fourth-order valence-corrected chi connectivity index (χ4v) is 3.03. The van der Waals surface area contributed by atoms with Gasteiger partial charge in [-0.15, -0.1) is 0 Å². The molecule has 2 atom stereocenters. The molecule has 5 nitrogen and oxygen atoms in total.